The monoisotopic (exact) mass is 262 g/mol. The molecular formula is C16H26N2O. The van der Waals surface area contributed by atoms with E-state index in [1.54, 1.807) is 0 Å². The molecule has 1 aromatic rings. The Morgan fingerprint density at radius 3 is 2.63 bits per heavy atom. The van der Waals surface area contributed by atoms with Gasteiger partial charge in [-0.3, -0.25) is 4.79 Å². The molecule has 0 bridgehead atoms. The van der Waals surface area contributed by atoms with E-state index in [1.807, 2.05) is 18.2 Å². The number of unbranched alkanes of at least 4 members (excludes halogenated alkanes) is 2. The van der Waals surface area contributed by atoms with Crippen LogP contribution >= 0.6 is 0 Å². The van der Waals surface area contributed by atoms with Gasteiger partial charge in [0.05, 0.1) is 0 Å². The summed E-state index contributed by atoms with van der Waals surface area (Å²) in [4.78, 5) is 16.2. The molecule has 0 radical (unpaired) electrons. The summed E-state index contributed by atoms with van der Waals surface area (Å²) < 4.78 is 0. The lowest BCUT2D eigenvalue weighted by Gasteiger charge is -2.17. The van der Waals surface area contributed by atoms with E-state index >= 15 is 0 Å². The third-order valence-corrected chi connectivity index (χ3v) is 2.79. The molecule has 1 amide bonds. The minimum absolute atomic E-state index is 0.0638. The van der Waals surface area contributed by atoms with Gasteiger partial charge in [0.2, 0.25) is 5.91 Å². The molecule has 106 valence electrons. The maximum atomic E-state index is 11.7. The van der Waals surface area contributed by atoms with Crippen molar-refractivity contribution in [3.63, 3.8) is 0 Å². The molecule has 1 rings (SSSR count). The zero-order valence-corrected chi connectivity index (χ0v) is 12.6. The Bertz CT molecular complexity index is 407. The van der Waals surface area contributed by atoms with Crippen LogP contribution in [0.1, 0.15) is 59.1 Å². The molecule has 0 unspecified atom stereocenters. The molecule has 0 aromatic carbocycles. The number of amides is 1. The van der Waals surface area contributed by atoms with E-state index in [2.05, 4.69) is 38.0 Å². The summed E-state index contributed by atoms with van der Waals surface area (Å²) in [7, 11) is 0. The van der Waals surface area contributed by atoms with Gasteiger partial charge in [0.25, 0.3) is 0 Å². The molecule has 0 saturated heterocycles. The van der Waals surface area contributed by atoms with Crippen molar-refractivity contribution in [1.82, 2.24) is 4.98 Å². The molecule has 0 saturated carbocycles. The van der Waals surface area contributed by atoms with Crippen LogP contribution in [0.25, 0.3) is 0 Å². The summed E-state index contributed by atoms with van der Waals surface area (Å²) in [5.74, 6) is 0.733. The minimum atomic E-state index is 0.0638. The van der Waals surface area contributed by atoms with Crippen molar-refractivity contribution in [2.45, 2.75) is 59.8 Å². The van der Waals surface area contributed by atoms with Crippen LogP contribution < -0.4 is 5.32 Å². The Balaban J connectivity index is 2.54. The third kappa shape index (κ3) is 6.94. The zero-order chi connectivity index (χ0) is 14.3. The maximum Gasteiger partial charge on any atom is 0.225 e. The number of anilines is 1. The third-order valence-electron chi connectivity index (χ3n) is 2.79. The first kappa shape index (κ1) is 15.7. The number of rotatable bonds is 6. The van der Waals surface area contributed by atoms with E-state index in [-0.39, 0.29) is 11.3 Å². The lowest BCUT2D eigenvalue weighted by molar-refractivity contribution is -0.116. The molecule has 19 heavy (non-hydrogen) atoms. The van der Waals surface area contributed by atoms with Gasteiger partial charge in [0, 0.05) is 12.1 Å². The van der Waals surface area contributed by atoms with E-state index in [1.165, 1.54) is 0 Å². The van der Waals surface area contributed by atoms with Crippen molar-refractivity contribution in [2.24, 2.45) is 5.41 Å². The van der Waals surface area contributed by atoms with E-state index in [9.17, 15) is 4.79 Å². The molecule has 0 aliphatic carbocycles. The maximum absolute atomic E-state index is 11.7. The SMILES string of the molecule is CCCCCC(=O)Nc1cccc(CC(C)(C)C)n1. The standard InChI is InChI=1S/C16H26N2O/c1-5-6-7-11-15(19)18-14-10-8-9-13(17-14)12-16(2,3)4/h8-10H,5-7,11-12H2,1-4H3,(H,17,18,19). The highest BCUT2D eigenvalue weighted by Crippen LogP contribution is 2.20. The average Bonchev–Trinajstić information content (AvgIpc) is 2.27. The fraction of sp³-hybridized carbons (Fsp3) is 0.625. The van der Waals surface area contributed by atoms with Crippen LogP contribution in [-0.2, 0) is 11.2 Å². The van der Waals surface area contributed by atoms with Gasteiger partial charge >= 0.3 is 0 Å². The lowest BCUT2D eigenvalue weighted by Crippen LogP contribution is -2.14. The molecule has 0 aliphatic rings. The van der Waals surface area contributed by atoms with Gasteiger partial charge in [-0.15, -0.1) is 0 Å². The average molecular weight is 262 g/mol. The second-order valence-electron chi connectivity index (χ2n) is 6.26. The summed E-state index contributed by atoms with van der Waals surface area (Å²) in [5, 5.41) is 2.88. The highest BCUT2D eigenvalue weighted by Gasteiger charge is 2.12. The fourth-order valence-electron chi connectivity index (χ4n) is 1.93. The van der Waals surface area contributed by atoms with Crippen LogP contribution in [0.4, 0.5) is 5.82 Å². The van der Waals surface area contributed by atoms with E-state index in [0.717, 1.165) is 31.4 Å². The Morgan fingerprint density at radius 2 is 2.00 bits per heavy atom. The molecule has 0 fully saturated rings. The molecule has 3 nitrogen and oxygen atoms in total. The number of carbonyl (C=O) groups excluding carboxylic acids is 1. The largest absolute Gasteiger partial charge is 0.311 e. The van der Waals surface area contributed by atoms with Crippen molar-refractivity contribution >= 4 is 11.7 Å². The normalized spacial score (nSPS) is 11.4. The molecule has 0 aliphatic heterocycles. The number of nitrogens with one attached hydrogen (secondary N) is 1. The van der Waals surface area contributed by atoms with Gasteiger partial charge in [-0.2, -0.15) is 0 Å². The number of hydrogen-bond donors (Lipinski definition) is 1. The van der Waals surface area contributed by atoms with Crippen molar-refractivity contribution in [3.8, 4) is 0 Å². The molecule has 1 aromatic heterocycles. The predicted octanol–water partition coefficient (Wildman–Crippen LogP) is 4.19. The number of nitrogens with zero attached hydrogens (tertiary/aromatic N) is 1. The Hall–Kier alpha value is -1.38. The van der Waals surface area contributed by atoms with Crippen molar-refractivity contribution in [1.29, 1.82) is 0 Å². The molecule has 1 N–H and O–H groups in total. The van der Waals surface area contributed by atoms with Crippen molar-refractivity contribution in [2.75, 3.05) is 5.32 Å². The van der Waals surface area contributed by atoms with Gasteiger partial charge in [0.1, 0.15) is 5.82 Å². The van der Waals surface area contributed by atoms with Crippen molar-refractivity contribution < 1.29 is 4.79 Å². The number of aromatic nitrogens is 1. The topological polar surface area (TPSA) is 42.0 Å². The van der Waals surface area contributed by atoms with E-state index < -0.39 is 0 Å². The van der Waals surface area contributed by atoms with Gasteiger partial charge in [-0.1, -0.05) is 46.6 Å². The van der Waals surface area contributed by atoms with Crippen LogP contribution in [0, 0.1) is 5.41 Å². The quantitative estimate of drug-likeness (QED) is 0.781. The van der Waals surface area contributed by atoms with Crippen molar-refractivity contribution in [3.05, 3.63) is 23.9 Å². The first-order chi connectivity index (χ1) is 8.90. The summed E-state index contributed by atoms with van der Waals surface area (Å²) in [6.07, 6.45) is 4.67. The number of pyridine rings is 1. The van der Waals surface area contributed by atoms with Crippen LogP contribution in [0.3, 0.4) is 0 Å². The Labute approximate surface area is 116 Å². The molecule has 1 heterocycles. The minimum Gasteiger partial charge on any atom is -0.311 e. The number of carbonyl (C=O) groups is 1. The summed E-state index contributed by atoms with van der Waals surface area (Å²) >= 11 is 0. The first-order valence-corrected chi connectivity index (χ1v) is 7.16. The van der Waals surface area contributed by atoms with Gasteiger partial charge in [-0.25, -0.2) is 4.98 Å². The van der Waals surface area contributed by atoms with E-state index in [4.69, 9.17) is 0 Å². The van der Waals surface area contributed by atoms with Gasteiger partial charge in [-0.05, 0) is 30.4 Å². The summed E-state index contributed by atoms with van der Waals surface area (Å²) in [6, 6.07) is 5.82. The highest BCUT2D eigenvalue weighted by molar-refractivity contribution is 5.89. The zero-order valence-electron chi connectivity index (χ0n) is 12.6. The molecule has 0 atom stereocenters. The van der Waals surface area contributed by atoms with Crippen LogP contribution in [0.5, 0.6) is 0 Å². The second-order valence-corrected chi connectivity index (χ2v) is 6.26. The second kappa shape index (κ2) is 7.27. The molecular weight excluding hydrogens is 236 g/mol. The predicted molar refractivity (Wildman–Crippen MR) is 80.2 cm³/mol. The molecule has 0 spiro atoms. The number of hydrogen-bond acceptors (Lipinski definition) is 2. The van der Waals surface area contributed by atoms with Gasteiger partial charge < -0.3 is 5.32 Å². The van der Waals surface area contributed by atoms with E-state index in [0.29, 0.717) is 12.2 Å². The Morgan fingerprint density at radius 1 is 1.26 bits per heavy atom. The lowest BCUT2D eigenvalue weighted by atomic mass is 9.90. The van der Waals surface area contributed by atoms with Gasteiger partial charge in [0.15, 0.2) is 0 Å². The van der Waals surface area contributed by atoms with Crippen LogP contribution in [0.15, 0.2) is 18.2 Å². The first-order valence-electron chi connectivity index (χ1n) is 7.16. The summed E-state index contributed by atoms with van der Waals surface area (Å²) in [6.45, 7) is 8.69. The summed E-state index contributed by atoms with van der Waals surface area (Å²) in [5.41, 5.74) is 1.23. The fourth-order valence-corrected chi connectivity index (χ4v) is 1.93. The highest BCUT2D eigenvalue weighted by atomic mass is 16.1. The van der Waals surface area contributed by atoms with Crippen LogP contribution in [-0.4, -0.2) is 10.9 Å². The Kier molecular flexibility index (Phi) is 6.00. The van der Waals surface area contributed by atoms with Crippen LogP contribution in [0.2, 0.25) is 0 Å². The molecule has 3 heteroatoms. The smallest absolute Gasteiger partial charge is 0.225 e.